The Morgan fingerprint density at radius 2 is 2.00 bits per heavy atom. The van der Waals surface area contributed by atoms with Gasteiger partial charge in [-0.2, -0.15) is 0 Å². The van der Waals surface area contributed by atoms with E-state index in [0.717, 1.165) is 23.7 Å². The monoisotopic (exact) mass is 323 g/mol. The quantitative estimate of drug-likeness (QED) is 0.719. The molecule has 0 atom stereocenters. The third-order valence-corrected chi connectivity index (χ3v) is 5.28. The van der Waals surface area contributed by atoms with Crippen LogP contribution in [-0.4, -0.2) is 15.9 Å². The van der Waals surface area contributed by atoms with Crippen molar-refractivity contribution in [1.82, 2.24) is 9.97 Å². The zero-order valence-corrected chi connectivity index (χ0v) is 13.5. The first-order chi connectivity index (χ1) is 11.3. The van der Waals surface area contributed by atoms with Crippen LogP contribution in [-0.2, 0) is 12.8 Å². The van der Waals surface area contributed by atoms with Crippen LogP contribution in [0.15, 0.2) is 36.5 Å². The minimum atomic E-state index is -0.118. The minimum Gasteiger partial charge on any atom is -0.298 e. The number of amides is 1. The van der Waals surface area contributed by atoms with Gasteiger partial charge in [0.25, 0.3) is 5.91 Å². The summed E-state index contributed by atoms with van der Waals surface area (Å²) in [7, 11) is 0. The second-order valence-electron chi connectivity index (χ2n) is 5.78. The van der Waals surface area contributed by atoms with Crippen LogP contribution < -0.4 is 5.32 Å². The number of thiazole rings is 1. The molecule has 2 aromatic heterocycles. The van der Waals surface area contributed by atoms with Gasteiger partial charge in [-0.15, -0.1) is 11.3 Å². The van der Waals surface area contributed by atoms with Gasteiger partial charge in [-0.3, -0.25) is 15.1 Å². The Kier molecular flexibility index (Phi) is 3.79. The molecule has 1 aliphatic rings. The lowest BCUT2D eigenvalue weighted by Gasteiger charge is -2.05. The number of carbonyl (C=O) groups excluding carboxylic acids is 1. The number of anilines is 1. The summed E-state index contributed by atoms with van der Waals surface area (Å²) in [5.41, 5.74) is 2.64. The first kappa shape index (κ1) is 14.3. The Bertz CT molecular complexity index is 843. The van der Waals surface area contributed by atoms with E-state index in [2.05, 4.69) is 15.3 Å². The fraction of sp³-hybridized carbons (Fsp3) is 0.278. The summed E-state index contributed by atoms with van der Waals surface area (Å²) in [6.45, 7) is 0. The number of benzene rings is 1. The summed E-state index contributed by atoms with van der Waals surface area (Å²) in [4.78, 5) is 22.9. The summed E-state index contributed by atoms with van der Waals surface area (Å²) in [5, 5.41) is 4.55. The number of hydrogen-bond acceptors (Lipinski definition) is 4. The third-order valence-electron chi connectivity index (χ3n) is 4.21. The molecule has 1 N–H and O–H groups in total. The SMILES string of the molecule is O=C(Nc1nc2c(s1)CCCCC2)c1cccc2ncccc12. The standard InChI is InChI=1S/C18H17N3OS/c22-17(13-6-4-9-14-12(13)7-5-11-19-14)21-18-20-15-8-2-1-3-10-16(15)23-18/h4-7,9,11H,1-3,8,10H2,(H,20,21,22). The average Bonchev–Trinajstić information content (AvgIpc) is 2.82. The van der Waals surface area contributed by atoms with Crippen molar-refractivity contribution in [2.24, 2.45) is 0 Å². The van der Waals surface area contributed by atoms with Crippen molar-refractivity contribution in [2.75, 3.05) is 5.32 Å². The second-order valence-corrected chi connectivity index (χ2v) is 6.86. The van der Waals surface area contributed by atoms with Gasteiger partial charge in [0, 0.05) is 22.0 Å². The van der Waals surface area contributed by atoms with Crippen molar-refractivity contribution in [2.45, 2.75) is 32.1 Å². The Labute approximate surface area is 138 Å². The van der Waals surface area contributed by atoms with Crippen LogP contribution >= 0.6 is 11.3 Å². The first-order valence-corrected chi connectivity index (χ1v) is 8.76. The highest BCUT2D eigenvalue weighted by molar-refractivity contribution is 7.15. The number of nitrogens with zero attached hydrogens (tertiary/aromatic N) is 2. The van der Waals surface area contributed by atoms with Gasteiger partial charge >= 0.3 is 0 Å². The Morgan fingerprint density at radius 1 is 1.09 bits per heavy atom. The maximum atomic E-state index is 12.6. The number of pyridine rings is 1. The molecule has 0 saturated heterocycles. The third kappa shape index (κ3) is 2.84. The van der Waals surface area contributed by atoms with Crippen LogP contribution in [0.1, 0.15) is 40.2 Å². The molecule has 1 aromatic carbocycles. The minimum absolute atomic E-state index is 0.118. The molecule has 2 heterocycles. The molecule has 116 valence electrons. The summed E-state index contributed by atoms with van der Waals surface area (Å²) in [6, 6.07) is 9.38. The van der Waals surface area contributed by atoms with Gasteiger partial charge in [-0.1, -0.05) is 18.6 Å². The van der Waals surface area contributed by atoms with Crippen molar-refractivity contribution in [3.05, 3.63) is 52.7 Å². The van der Waals surface area contributed by atoms with E-state index in [9.17, 15) is 4.79 Å². The Balaban J connectivity index is 1.62. The molecule has 0 saturated carbocycles. The molecule has 1 amide bonds. The highest BCUT2D eigenvalue weighted by Crippen LogP contribution is 2.29. The van der Waals surface area contributed by atoms with Gasteiger partial charge in [0.05, 0.1) is 11.2 Å². The molecule has 3 aromatic rings. The Morgan fingerprint density at radius 3 is 2.96 bits per heavy atom. The zero-order valence-electron chi connectivity index (χ0n) is 12.7. The predicted molar refractivity (Wildman–Crippen MR) is 93.1 cm³/mol. The molecular formula is C18H17N3OS. The molecule has 4 nitrogen and oxygen atoms in total. The van der Waals surface area contributed by atoms with Crippen LogP contribution in [0.25, 0.3) is 10.9 Å². The smallest absolute Gasteiger partial charge is 0.258 e. The van der Waals surface area contributed by atoms with Gasteiger partial charge < -0.3 is 0 Å². The molecule has 1 aliphatic carbocycles. The highest BCUT2D eigenvalue weighted by atomic mass is 32.1. The summed E-state index contributed by atoms with van der Waals surface area (Å²) < 4.78 is 0. The second kappa shape index (κ2) is 6.08. The molecule has 0 unspecified atom stereocenters. The summed E-state index contributed by atoms with van der Waals surface area (Å²) in [6.07, 6.45) is 7.54. The molecule has 5 heteroatoms. The van der Waals surface area contributed by atoms with E-state index in [0.29, 0.717) is 10.7 Å². The lowest BCUT2D eigenvalue weighted by molar-refractivity contribution is 0.102. The van der Waals surface area contributed by atoms with Crippen LogP contribution in [0.3, 0.4) is 0 Å². The van der Waals surface area contributed by atoms with Crippen molar-refractivity contribution < 1.29 is 4.79 Å². The fourth-order valence-electron chi connectivity index (χ4n) is 3.05. The average molecular weight is 323 g/mol. The van der Waals surface area contributed by atoms with Crippen LogP contribution in [0.2, 0.25) is 0 Å². The summed E-state index contributed by atoms with van der Waals surface area (Å²) in [5.74, 6) is -0.118. The van der Waals surface area contributed by atoms with E-state index >= 15 is 0 Å². The zero-order chi connectivity index (χ0) is 15.6. The topological polar surface area (TPSA) is 54.9 Å². The molecule has 23 heavy (non-hydrogen) atoms. The highest BCUT2D eigenvalue weighted by Gasteiger charge is 2.17. The van der Waals surface area contributed by atoms with Gasteiger partial charge in [-0.05, 0) is 43.9 Å². The van der Waals surface area contributed by atoms with Crippen molar-refractivity contribution in [1.29, 1.82) is 0 Å². The molecule has 4 rings (SSSR count). The maximum absolute atomic E-state index is 12.6. The van der Waals surface area contributed by atoms with Gasteiger partial charge in [-0.25, -0.2) is 4.98 Å². The largest absolute Gasteiger partial charge is 0.298 e. The predicted octanol–water partition coefficient (Wildman–Crippen LogP) is 4.21. The van der Waals surface area contributed by atoms with Crippen molar-refractivity contribution in [3.8, 4) is 0 Å². The van der Waals surface area contributed by atoms with Gasteiger partial charge in [0.2, 0.25) is 0 Å². The van der Waals surface area contributed by atoms with Crippen LogP contribution in [0.5, 0.6) is 0 Å². The first-order valence-electron chi connectivity index (χ1n) is 7.95. The van der Waals surface area contributed by atoms with E-state index in [4.69, 9.17) is 0 Å². The molecule has 0 bridgehead atoms. The van der Waals surface area contributed by atoms with Gasteiger partial charge in [0.15, 0.2) is 5.13 Å². The van der Waals surface area contributed by atoms with Gasteiger partial charge in [0.1, 0.15) is 0 Å². The van der Waals surface area contributed by atoms with E-state index in [1.165, 1.54) is 29.8 Å². The number of rotatable bonds is 2. The summed E-state index contributed by atoms with van der Waals surface area (Å²) >= 11 is 1.62. The van der Waals surface area contributed by atoms with E-state index in [1.807, 2.05) is 30.3 Å². The normalized spacial score (nSPS) is 14.3. The number of carbonyl (C=O) groups is 1. The lowest BCUT2D eigenvalue weighted by Crippen LogP contribution is -2.12. The van der Waals surface area contributed by atoms with E-state index in [1.54, 1.807) is 17.5 Å². The molecular weight excluding hydrogens is 306 g/mol. The van der Waals surface area contributed by atoms with E-state index < -0.39 is 0 Å². The number of fused-ring (bicyclic) bond motifs is 2. The molecule has 0 fully saturated rings. The number of nitrogens with one attached hydrogen (secondary N) is 1. The van der Waals surface area contributed by atoms with Crippen molar-refractivity contribution >= 4 is 33.3 Å². The maximum Gasteiger partial charge on any atom is 0.258 e. The number of hydrogen-bond donors (Lipinski definition) is 1. The van der Waals surface area contributed by atoms with Crippen LogP contribution in [0.4, 0.5) is 5.13 Å². The van der Waals surface area contributed by atoms with Crippen LogP contribution in [0, 0.1) is 0 Å². The molecule has 0 aliphatic heterocycles. The fourth-order valence-corrected chi connectivity index (χ4v) is 4.09. The molecule has 0 radical (unpaired) electrons. The van der Waals surface area contributed by atoms with Crippen molar-refractivity contribution in [3.63, 3.8) is 0 Å². The number of aryl methyl sites for hydroxylation is 2. The Hall–Kier alpha value is -2.27. The van der Waals surface area contributed by atoms with E-state index in [-0.39, 0.29) is 5.91 Å². The molecule has 0 spiro atoms. The number of aromatic nitrogens is 2. The lowest BCUT2D eigenvalue weighted by atomic mass is 10.1.